The van der Waals surface area contributed by atoms with Crippen LogP contribution in [0.4, 0.5) is 13.2 Å². The Hall–Kier alpha value is -2.18. The number of Topliss-reactive ketones (excluding diaryl/α,β-unsaturated/α-hetero) is 1. The van der Waals surface area contributed by atoms with Crippen LogP contribution in [-0.4, -0.2) is 20.8 Å². The van der Waals surface area contributed by atoms with Crippen molar-refractivity contribution in [3.8, 4) is 0 Å². The van der Waals surface area contributed by atoms with Crippen LogP contribution in [-0.2, 0) is 30.9 Å². The zero-order valence-corrected chi connectivity index (χ0v) is 10.7. The first kappa shape index (κ1) is 14.2. The minimum atomic E-state index is -4.36. The summed E-state index contributed by atoms with van der Waals surface area (Å²) in [4.78, 5) is 11.8. The van der Waals surface area contributed by atoms with Gasteiger partial charge in [0.05, 0.1) is 17.7 Å². The zero-order valence-electron chi connectivity index (χ0n) is 10.7. The van der Waals surface area contributed by atoms with Gasteiger partial charge in [-0.15, -0.1) is 5.10 Å². The van der Waals surface area contributed by atoms with Gasteiger partial charge in [-0.05, 0) is 17.7 Å². The predicted molar refractivity (Wildman–Crippen MR) is 64.9 cm³/mol. The number of carbonyl (C=O) groups excluding carboxylic acids is 1. The molecule has 0 radical (unpaired) electrons. The summed E-state index contributed by atoms with van der Waals surface area (Å²) >= 11 is 0. The van der Waals surface area contributed by atoms with Crippen molar-refractivity contribution in [1.82, 2.24) is 15.0 Å². The first-order valence-electron chi connectivity index (χ1n) is 5.87. The minimum Gasteiger partial charge on any atom is -0.299 e. The Kier molecular flexibility index (Phi) is 3.87. The van der Waals surface area contributed by atoms with Crippen LogP contribution in [0.15, 0.2) is 30.5 Å². The van der Waals surface area contributed by atoms with Crippen molar-refractivity contribution in [3.63, 3.8) is 0 Å². The number of alkyl halides is 3. The summed E-state index contributed by atoms with van der Waals surface area (Å²) in [5.41, 5.74) is 0.374. The summed E-state index contributed by atoms with van der Waals surface area (Å²) in [5.74, 6) is -0.120. The number of hydrogen-bond acceptors (Lipinski definition) is 3. The topological polar surface area (TPSA) is 47.8 Å². The minimum absolute atomic E-state index is 0.0781. The molecule has 0 unspecified atom stereocenters. The Morgan fingerprint density at radius 2 is 1.85 bits per heavy atom. The highest BCUT2D eigenvalue weighted by molar-refractivity contribution is 5.82. The maximum Gasteiger partial charge on any atom is 0.416 e. The SMILES string of the molecule is Cn1cc(CC(=O)Cc2ccc(C(F)(F)F)cc2)nn1. The molecule has 1 aromatic heterocycles. The van der Waals surface area contributed by atoms with Crippen LogP contribution in [0.25, 0.3) is 0 Å². The van der Waals surface area contributed by atoms with Gasteiger partial charge in [-0.1, -0.05) is 17.3 Å². The molecule has 4 nitrogen and oxygen atoms in total. The number of carbonyl (C=O) groups is 1. The molecule has 0 aliphatic rings. The summed E-state index contributed by atoms with van der Waals surface area (Å²) in [5, 5.41) is 7.49. The van der Waals surface area contributed by atoms with Gasteiger partial charge in [-0.25, -0.2) is 0 Å². The Morgan fingerprint density at radius 1 is 1.20 bits per heavy atom. The molecule has 1 heterocycles. The molecule has 0 bridgehead atoms. The third-order valence-electron chi connectivity index (χ3n) is 2.71. The van der Waals surface area contributed by atoms with Gasteiger partial charge in [0.25, 0.3) is 0 Å². The molecule has 2 rings (SSSR count). The molecule has 106 valence electrons. The van der Waals surface area contributed by atoms with Gasteiger partial charge < -0.3 is 0 Å². The Labute approximate surface area is 113 Å². The number of aryl methyl sites for hydroxylation is 1. The molecule has 20 heavy (non-hydrogen) atoms. The zero-order chi connectivity index (χ0) is 14.8. The Balaban J connectivity index is 1.98. The number of nitrogens with zero attached hydrogens (tertiary/aromatic N) is 3. The molecule has 0 atom stereocenters. The number of ketones is 1. The number of benzene rings is 1. The van der Waals surface area contributed by atoms with E-state index in [9.17, 15) is 18.0 Å². The molecule has 2 aromatic rings. The molecule has 0 saturated carbocycles. The molecular weight excluding hydrogens is 271 g/mol. The van der Waals surface area contributed by atoms with E-state index < -0.39 is 11.7 Å². The highest BCUT2D eigenvalue weighted by Crippen LogP contribution is 2.29. The van der Waals surface area contributed by atoms with Crippen LogP contribution >= 0.6 is 0 Å². The van der Waals surface area contributed by atoms with E-state index in [-0.39, 0.29) is 18.6 Å². The van der Waals surface area contributed by atoms with Gasteiger partial charge in [0.15, 0.2) is 0 Å². The highest BCUT2D eigenvalue weighted by Gasteiger charge is 2.29. The normalized spacial score (nSPS) is 11.6. The van der Waals surface area contributed by atoms with Crippen molar-refractivity contribution < 1.29 is 18.0 Å². The second-order valence-corrected chi connectivity index (χ2v) is 4.47. The average Bonchev–Trinajstić information content (AvgIpc) is 2.74. The molecule has 0 spiro atoms. The van der Waals surface area contributed by atoms with E-state index in [0.717, 1.165) is 12.1 Å². The van der Waals surface area contributed by atoms with Gasteiger partial charge in [0.1, 0.15) is 5.78 Å². The van der Waals surface area contributed by atoms with Crippen LogP contribution < -0.4 is 0 Å². The molecular formula is C13H12F3N3O. The van der Waals surface area contributed by atoms with E-state index in [1.54, 1.807) is 13.2 Å². The Bertz CT molecular complexity index is 602. The lowest BCUT2D eigenvalue weighted by Gasteiger charge is -2.07. The number of hydrogen-bond donors (Lipinski definition) is 0. The van der Waals surface area contributed by atoms with E-state index in [1.807, 2.05) is 0 Å². The molecule has 1 aromatic carbocycles. The number of rotatable bonds is 4. The molecule has 0 fully saturated rings. The largest absolute Gasteiger partial charge is 0.416 e. The fourth-order valence-corrected chi connectivity index (χ4v) is 1.78. The van der Waals surface area contributed by atoms with Crippen molar-refractivity contribution in [3.05, 3.63) is 47.3 Å². The van der Waals surface area contributed by atoms with Crippen LogP contribution in [0.1, 0.15) is 16.8 Å². The third kappa shape index (κ3) is 3.66. The second kappa shape index (κ2) is 5.44. The quantitative estimate of drug-likeness (QED) is 0.864. The molecule has 0 amide bonds. The van der Waals surface area contributed by atoms with E-state index in [0.29, 0.717) is 11.3 Å². The van der Waals surface area contributed by atoms with Gasteiger partial charge in [-0.2, -0.15) is 13.2 Å². The summed E-state index contributed by atoms with van der Waals surface area (Å²) in [6.45, 7) is 0. The molecule has 0 aliphatic carbocycles. The standard InChI is InChI=1S/C13H12F3N3O/c1-19-8-11(17-18-19)7-12(20)6-9-2-4-10(5-3-9)13(14,15)16/h2-5,8H,6-7H2,1H3. The smallest absolute Gasteiger partial charge is 0.299 e. The fraction of sp³-hybridized carbons (Fsp3) is 0.308. The predicted octanol–water partition coefficient (Wildman–Crippen LogP) is 2.19. The van der Waals surface area contributed by atoms with Crippen LogP contribution in [0.2, 0.25) is 0 Å². The van der Waals surface area contributed by atoms with E-state index in [4.69, 9.17) is 0 Å². The van der Waals surface area contributed by atoms with Crippen molar-refractivity contribution in [2.75, 3.05) is 0 Å². The maximum atomic E-state index is 12.4. The van der Waals surface area contributed by atoms with Crippen molar-refractivity contribution in [2.24, 2.45) is 7.05 Å². The van der Waals surface area contributed by atoms with Crippen molar-refractivity contribution in [1.29, 1.82) is 0 Å². The molecule has 0 N–H and O–H groups in total. The van der Waals surface area contributed by atoms with Crippen molar-refractivity contribution >= 4 is 5.78 Å². The van der Waals surface area contributed by atoms with Gasteiger partial charge in [-0.3, -0.25) is 9.48 Å². The average molecular weight is 283 g/mol. The van der Waals surface area contributed by atoms with Crippen LogP contribution in [0.5, 0.6) is 0 Å². The third-order valence-corrected chi connectivity index (χ3v) is 2.71. The van der Waals surface area contributed by atoms with Gasteiger partial charge in [0.2, 0.25) is 0 Å². The number of aromatic nitrogens is 3. The molecule has 0 aliphatic heterocycles. The second-order valence-electron chi connectivity index (χ2n) is 4.47. The summed E-state index contributed by atoms with van der Waals surface area (Å²) in [7, 11) is 1.69. The summed E-state index contributed by atoms with van der Waals surface area (Å²) in [6.07, 6.45) is -2.53. The lowest BCUT2D eigenvalue weighted by Crippen LogP contribution is -2.08. The van der Waals surface area contributed by atoms with Crippen LogP contribution in [0.3, 0.4) is 0 Å². The highest BCUT2D eigenvalue weighted by atomic mass is 19.4. The van der Waals surface area contributed by atoms with Crippen LogP contribution in [0, 0.1) is 0 Å². The summed E-state index contributed by atoms with van der Waals surface area (Å²) in [6, 6.07) is 4.59. The van der Waals surface area contributed by atoms with E-state index >= 15 is 0 Å². The monoisotopic (exact) mass is 283 g/mol. The number of halogens is 3. The maximum absolute atomic E-state index is 12.4. The first-order chi connectivity index (χ1) is 9.34. The first-order valence-corrected chi connectivity index (χ1v) is 5.87. The van der Waals surface area contributed by atoms with E-state index in [1.165, 1.54) is 16.8 Å². The lowest BCUT2D eigenvalue weighted by atomic mass is 10.0. The van der Waals surface area contributed by atoms with E-state index in [2.05, 4.69) is 10.3 Å². The lowest BCUT2D eigenvalue weighted by molar-refractivity contribution is -0.137. The van der Waals surface area contributed by atoms with Crippen molar-refractivity contribution in [2.45, 2.75) is 19.0 Å². The fourth-order valence-electron chi connectivity index (χ4n) is 1.78. The Morgan fingerprint density at radius 3 is 2.35 bits per heavy atom. The van der Waals surface area contributed by atoms with Gasteiger partial charge in [0, 0.05) is 19.7 Å². The molecule has 7 heteroatoms. The summed E-state index contributed by atoms with van der Waals surface area (Å²) < 4.78 is 38.6. The van der Waals surface area contributed by atoms with Gasteiger partial charge >= 0.3 is 6.18 Å². The molecule has 0 saturated heterocycles.